The molecule has 0 unspecified atom stereocenters. The first-order valence-corrected chi connectivity index (χ1v) is 12.5. The first kappa shape index (κ1) is 20.0. The molecule has 1 aromatic heterocycles. The van der Waals surface area contributed by atoms with Crippen LogP contribution in [-0.4, -0.2) is 0 Å². The minimum absolute atomic E-state index is 0.706. The molecule has 0 amide bonds. The molecule has 1 heterocycles. The van der Waals surface area contributed by atoms with Crippen LogP contribution in [0.1, 0.15) is 5.56 Å². The molecule has 0 fully saturated rings. The molecule has 1 nitrogen and oxygen atoms in total. The Morgan fingerprint density at radius 1 is 0.457 bits per heavy atom. The van der Waals surface area contributed by atoms with Gasteiger partial charge in [-0.3, -0.25) is 0 Å². The molecule has 0 aliphatic rings. The van der Waals surface area contributed by atoms with Crippen LogP contribution in [0, 0.1) is 11.3 Å². The quantitative estimate of drug-likeness (QED) is 0.235. The highest BCUT2D eigenvalue weighted by Gasteiger charge is 2.17. The topological polar surface area (TPSA) is 23.8 Å². The average molecular weight is 462 g/mol. The molecule has 0 saturated heterocycles. The third-order valence-electron chi connectivity index (χ3n) is 6.89. The van der Waals surface area contributed by atoms with Crippen molar-refractivity contribution < 1.29 is 0 Å². The number of thiophene rings is 1. The van der Waals surface area contributed by atoms with Crippen LogP contribution in [0.3, 0.4) is 0 Å². The maximum Gasteiger partial charge on any atom is 0.0992 e. The summed E-state index contributed by atoms with van der Waals surface area (Å²) in [6.07, 6.45) is 0. The van der Waals surface area contributed by atoms with E-state index in [0.717, 1.165) is 4.70 Å². The molecule has 2 heteroatoms. The third-order valence-corrected chi connectivity index (χ3v) is 8.00. The van der Waals surface area contributed by atoms with Crippen molar-refractivity contribution in [3.05, 3.63) is 121 Å². The predicted molar refractivity (Wildman–Crippen MR) is 150 cm³/mol. The van der Waals surface area contributed by atoms with Gasteiger partial charge in [0.15, 0.2) is 0 Å². The van der Waals surface area contributed by atoms with Gasteiger partial charge in [0.1, 0.15) is 0 Å². The Morgan fingerprint density at radius 3 is 1.57 bits per heavy atom. The summed E-state index contributed by atoms with van der Waals surface area (Å²) in [6.45, 7) is 0. The van der Waals surface area contributed by atoms with E-state index in [2.05, 4.69) is 109 Å². The van der Waals surface area contributed by atoms with Crippen LogP contribution >= 0.6 is 11.3 Å². The van der Waals surface area contributed by atoms with Gasteiger partial charge in [-0.25, -0.2) is 0 Å². The molecule has 0 atom stereocenters. The Hall–Kier alpha value is -4.45. The van der Waals surface area contributed by atoms with Gasteiger partial charge in [-0.2, -0.15) is 5.26 Å². The van der Waals surface area contributed by atoms with Gasteiger partial charge in [0.2, 0.25) is 0 Å². The van der Waals surface area contributed by atoms with E-state index in [-0.39, 0.29) is 0 Å². The lowest BCUT2D eigenvalue weighted by Gasteiger charge is -2.17. The molecule has 0 spiro atoms. The second kappa shape index (κ2) is 7.81. The lowest BCUT2D eigenvalue weighted by Crippen LogP contribution is -1.90. The molecule has 0 radical (unpaired) electrons. The molecule has 7 aromatic rings. The molecular formula is C33H19NS. The Labute approximate surface area is 207 Å². The monoisotopic (exact) mass is 461 g/mol. The number of hydrogen-bond acceptors (Lipinski definition) is 2. The standard InChI is InChI=1S/C33H19NS/c34-20-21-14-16-24-25-17-15-23(19-31(25)35-30(24)18-21)33-28-12-6-4-10-26(28)32(22-8-2-1-3-9-22)27-11-5-7-13-29(27)33/h1-19H. The second-order valence-electron chi connectivity index (χ2n) is 8.84. The van der Waals surface area contributed by atoms with Gasteiger partial charge in [-0.15, -0.1) is 11.3 Å². The summed E-state index contributed by atoms with van der Waals surface area (Å²) in [6, 6.07) is 43.3. The summed E-state index contributed by atoms with van der Waals surface area (Å²) >= 11 is 1.76. The van der Waals surface area contributed by atoms with Gasteiger partial charge >= 0.3 is 0 Å². The Bertz CT molecular complexity index is 1900. The fourth-order valence-electron chi connectivity index (χ4n) is 5.36. The summed E-state index contributed by atoms with van der Waals surface area (Å²) < 4.78 is 2.40. The zero-order valence-corrected chi connectivity index (χ0v) is 19.6. The van der Waals surface area contributed by atoms with Crippen LogP contribution < -0.4 is 0 Å². The van der Waals surface area contributed by atoms with E-state index >= 15 is 0 Å². The maximum absolute atomic E-state index is 9.33. The van der Waals surface area contributed by atoms with Crippen LogP contribution in [-0.2, 0) is 0 Å². The van der Waals surface area contributed by atoms with Crippen molar-refractivity contribution in [2.45, 2.75) is 0 Å². The molecule has 162 valence electrons. The summed E-state index contributed by atoms with van der Waals surface area (Å²) in [5, 5.41) is 16.8. The highest BCUT2D eigenvalue weighted by atomic mass is 32.1. The largest absolute Gasteiger partial charge is 0.192 e. The molecular weight excluding hydrogens is 442 g/mol. The fraction of sp³-hybridized carbons (Fsp3) is 0. The van der Waals surface area contributed by atoms with Crippen molar-refractivity contribution in [1.29, 1.82) is 5.26 Å². The summed E-state index contributed by atoms with van der Waals surface area (Å²) in [5.41, 5.74) is 5.72. The lowest BCUT2D eigenvalue weighted by atomic mass is 9.86. The highest BCUT2D eigenvalue weighted by molar-refractivity contribution is 7.25. The molecule has 0 aliphatic carbocycles. The number of benzene rings is 6. The Morgan fingerprint density at radius 2 is 0.971 bits per heavy atom. The van der Waals surface area contributed by atoms with E-state index in [9.17, 15) is 5.26 Å². The van der Waals surface area contributed by atoms with Crippen molar-refractivity contribution in [3.63, 3.8) is 0 Å². The van der Waals surface area contributed by atoms with Gasteiger partial charge < -0.3 is 0 Å². The minimum atomic E-state index is 0.706. The third kappa shape index (κ3) is 3.06. The van der Waals surface area contributed by atoms with E-state index in [1.54, 1.807) is 11.3 Å². The van der Waals surface area contributed by atoms with Gasteiger partial charge in [-0.05, 0) is 62.0 Å². The van der Waals surface area contributed by atoms with Crippen molar-refractivity contribution in [2.24, 2.45) is 0 Å². The van der Waals surface area contributed by atoms with Crippen LogP contribution in [0.5, 0.6) is 0 Å². The molecule has 0 bridgehead atoms. The van der Waals surface area contributed by atoms with Crippen LogP contribution in [0.2, 0.25) is 0 Å². The lowest BCUT2D eigenvalue weighted by molar-refractivity contribution is 1.50. The maximum atomic E-state index is 9.33. The summed E-state index contributed by atoms with van der Waals surface area (Å²) in [5.74, 6) is 0. The minimum Gasteiger partial charge on any atom is -0.192 e. The first-order chi connectivity index (χ1) is 17.3. The van der Waals surface area contributed by atoms with Gasteiger partial charge in [0.05, 0.1) is 11.6 Å². The van der Waals surface area contributed by atoms with E-state index in [4.69, 9.17) is 0 Å². The zero-order valence-electron chi connectivity index (χ0n) is 18.8. The normalized spacial score (nSPS) is 11.4. The Kier molecular flexibility index (Phi) is 4.45. The molecule has 6 aromatic carbocycles. The summed E-state index contributed by atoms with van der Waals surface area (Å²) in [4.78, 5) is 0. The fourth-order valence-corrected chi connectivity index (χ4v) is 6.54. The SMILES string of the molecule is N#Cc1ccc2c(c1)sc1cc(-c3c4ccccc4c(-c4ccccc4)c4ccccc34)ccc12. The molecule has 7 rings (SSSR count). The van der Waals surface area contributed by atoms with Gasteiger partial charge in [-0.1, -0.05) is 97.1 Å². The second-order valence-corrected chi connectivity index (χ2v) is 9.93. The molecule has 0 N–H and O–H groups in total. The molecule has 35 heavy (non-hydrogen) atoms. The first-order valence-electron chi connectivity index (χ1n) is 11.7. The van der Waals surface area contributed by atoms with E-state index < -0.39 is 0 Å². The van der Waals surface area contributed by atoms with Crippen molar-refractivity contribution in [3.8, 4) is 28.3 Å². The number of hydrogen-bond donors (Lipinski definition) is 0. The number of nitriles is 1. The van der Waals surface area contributed by atoms with Gasteiger partial charge in [0, 0.05) is 20.2 Å². The van der Waals surface area contributed by atoms with Crippen LogP contribution in [0.4, 0.5) is 0 Å². The van der Waals surface area contributed by atoms with Crippen LogP contribution in [0.15, 0.2) is 115 Å². The molecule has 0 aliphatic heterocycles. The van der Waals surface area contributed by atoms with E-state index in [1.165, 1.54) is 59.3 Å². The van der Waals surface area contributed by atoms with Crippen molar-refractivity contribution in [2.75, 3.05) is 0 Å². The van der Waals surface area contributed by atoms with Crippen molar-refractivity contribution >= 4 is 53.1 Å². The van der Waals surface area contributed by atoms with Crippen molar-refractivity contribution in [1.82, 2.24) is 0 Å². The average Bonchev–Trinajstić information content (AvgIpc) is 3.29. The zero-order chi connectivity index (χ0) is 23.4. The van der Waals surface area contributed by atoms with Crippen LogP contribution in [0.25, 0.3) is 64.0 Å². The number of rotatable bonds is 2. The molecule has 0 saturated carbocycles. The predicted octanol–water partition coefficient (Wildman–Crippen LogP) is 9.57. The number of fused-ring (bicyclic) bond motifs is 5. The summed E-state index contributed by atoms with van der Waals surface area (Å²) in [7, 11) is 0. The highest BCUT2D eigenvalue weighted by Crippen LogP contribution is 2.45. The van der Waals surface area contributed by atoms with E-state index in [0.29, 0.717) is 5.56 Å². The number of nitrogens with zero attached hydrogens (tertiary/aromatic N) is 1. The Balaban J connectivity index is 1.57. The van der Waals surface area contributed by atoms with Gasteiger partial charge in [0.25, 0.3) is 0 Å². The smallest absolute Gasteiger partial charge is 0.0992 e. The van der Waals surface area contributed by atoms with E-state index in [1.807, 2.05) is 12.1 Å².